The van der Waals surface area contributed by atoms with E-state index in [1.165, 1.54) is 75.9 Å². The number of piperidine rings is 1. The van der Waals surface area contributed by atoms with E-state index in [9.17, 15) is 0 Å². The minimum atomic E-state index is 0.602. The Labute approximate surface area is 177 Å². The van der Waals surface area contributed by atoms with Crippen LogP contribution in [-0.2, 0) is 6.42 Å². The molecule has 2 aromatic rings. The molecule has 2 atom stereocenters. The van der Waals surface area contributed by atoms with Crippen LogP contribution in [0.2, 0.25) is 0 Å². The SMILES string of the molecule is CCCNCCc1nc2ccccc2n1C1CCN(CC2CCCC(C)C2)CC1. The summed E-state index contributed by atoms with van der Waals surface area (Å²) in [5, 5.41) is 3.55. The van der Waals surface area contributed by atoms with Crippen LogP contribution in [-0.4, -0.2) is 47.2 Å². The second kappa shape index (κ2) is 10.1. The summed E-state index contributed by atoms with van der Waals surface area (Å²) in [4.78, 5) is 7.77. The van der Waals surface area contributed by atoms with E-state index in [0.29, 0.717) is 6.04 Å². The van der Waals surface area contributed by atoms with Gasteiger partial charge in [0.25, 0.3) is 0 Å². The standard InChI is InChI=1S/C25H40N4/c1-3-14-26-15-11-25-27-23-9-4-5-10-24(23)29(25)22-12-16-28(17-13-22)19-21-8-6-7-20(2)18-21/h4-5,9-10,20-22,26H,3,6-8,11-19H2,1-2H3. The third kappa shape index (κ3) is 5.21. The van der Waals surface area contributed by atoms with E-state index in [1.54, 1.807) is 0 Å². The number of fused-ring (bicyclic) bond motifs is 1. The van der Waals surface area contributed by atoms with Crippen molar-refractivity contribution < 1.29 is 0 Å². The van der Waals surface area contributed by atoms with Gasteiger partial charge in [-0.2, -0.15) is 0 Å². The first-order chi connectivity index (χ1) is 14.2. The van der Waals surface area contributed by atoms with Crippen molar-refractivity contribution in [1.29, 1.82) is 0 Å². The van der Waals surface area contributed by atoms with Crippen molar-refractivity contribution in [2.45, 2.75) is 71.3 Å². The maximum Gasteiger partial charge on any atom is 0.111 e. The molecule has 1 saturated carbocycles. The summed E-state index contributed by atoms with van der Waals surface area (Å²) in [7, 11) is 0. The van der Waals surface area contributed by atoms with Crippen molar-refractivity contribution in [3.8, 4) is 0 Å². The largest absolute Gasteiger partial charge is 0.325 e. The average Bonchev–Trinajstić information content (AvgIpc) is 3.10. The zero-order valence-electron chi connectivity index (χ0n) is 18.6. The van der Waals surface area contributed by atoms with E-state index in [1.807, 2.05) is 0 Å². The summed E-state index contributed by atoms with van der Waals surface area (Å²) >= 11 is 0. The van der Waals surface area contributed by atoms with E-state index < -0.39 is 0 Å². The maximum atomic E-state index is 5.02. The summed E-state index contributed by atoms with van der Waals surface area (Å²) in [6.07, 6.45) is 10.5. The van der Waals surface area contributed by atoms with Crippen LogP contribution in [0.4, 0.5) is 0 Å². The summed E-state index contributed by atoms with van der Waals surface area (Å²) in [6, 6.07) is 9.32. The minimum absolute atomic E-state index is 0.602. The summed E-state index contributed by atoms with van der Waals surface area (Å²) in [6.45, 7) is 10.6. The van der Waals surface area contributed by atoms with Gasteiger partial charge in [-0.15, -0.1) is 0 Å². The topological polar surface area (TPSA) is 33.1 Å². The molecule has 0 bridgehead atoms. The second-order valence-electron chi connectivity index (χ2n) is 9.56. The smallest absolute Gasteiger partial charge is 0.111 e. The zero-order valence-corrected chi connectivity index (χ0v) is 18.6. The van der Waals surface area contributed by atoms with Crippen LogP contribution in [0.25, 0.3) is 11.0 Å². The quantitative estimate of drug-likeness (QED) is 0.635. The van der Waals surface area contributed by atoms with Crippen LogP contribution >= 0.6 is 0 Å². The monoisotopic (exact) mass is 396 g/mol. The normalized spacial score (nSPS) is 24.3. The molecule has 2 fully saturated rings. The Morgan fingerprint density at radius 1 is 1.07 bits per heavy atom. The van der Waals surface area contributed by atoms with Crippen molar-refractivity contribution >= 4 is 11.0 Å². The van der Waals surface area contributed by atoms with Gasteiger partial charge in [-0.25, -0.2) is 4.98 Å². The van der Waals surface area contributed by atoms with Crippen LogP contribution in [0.15, 0.2) is 24.3 Å². The number of para-hydroxylation sites is 2. The highest BCUT2D eigenvalue weighted by Crippen LogP contribution is 2.32. The van der Waals surface area contributed by atoms with Crippen molar-refractivity contribution in [2.24, 2.45) is 11.8 Å². The van der Waals surface area contributed by atoms with Gasteiger partial charge in [-0.3, -0.25) is 0 Å². The first-order valence-electron chi connectivity index (χ1n) is 12.1. The van der Waals surface area contributed by atoms with Crippen LogP contribution in [0.3, 0.4) is 0 Å². The Balaban J connectivity index is 1.40. The number of hydrogen-bond acceptors (Lipinski definition) is 3. The number of nitrogens with zero attached hydrogens (tertiary/aromatic N) is 3. The van der Waals surface area contributed by atoms with Gasteiger partial charge in [0, 0.05) is 38.6 Å². The fourth-order valence-electron chi connectivity index (χ4n) is 5.63. The fourth-order valence-corrected chi connectivity index (χ4v) is 5.63. The molecule has 1 aliphatic carbocycles. The molecule has 1 aromatic heterocycles. The van der Waals surface area contributed by atoms with Gasteiger partial charge in [-0.1, -0.05) is 38.8 Å². The van der Waals surface area contributed by atoms with Crippen molar-refractivity contribution in [3.63, 3.8) is 0 Å². The molecule has 1 aliphatic heterocycles. The van der Waals surface area contributed by atoms with Gasteiger partial charge in [0.05, 0.1) is 11.0 Å². The molecule has 2 unspecified atom stereocenters. The highest BCUT2D eigenvalue weighted by Gasteiger charge is 2.27. The van der Waals surface area contributed by atoms with Crippen molar-refractivity contribution in [2.75, 3.05) is 32.7 Å². The van der Waals surface area contributed by atoms with Crippen LogP contribution in [0.1, 0.15) is 70.7 Å². The molecule has 2 heterocycles. The minimum Gasteiger partial charge on any atom is -0.325 e. The highest BCUT2D eigenvalue weighted by atomic mass is 15.2. The molecular weight excluding hydrogens is 356 g/mol. The van der Waals surface area contributed by atoms with E-state index >= 15 is 0 Å². The molecular formula is C25H40N4. The molecule has 4 nitrogen and oxygen atoms in total. The lowest BCUT2D eigenvalue weighted by molar-refractivity contribution is 0.137. The molecule has 0 spiro atoms. The third-order valence-corrected chi connectivity index (χ3v) is 7.10. The predicted molar refractivity (Wildman–Crippen MR) is 122 cm³/mol. The Morgan fingerprint density at radius 3 is 2.69 bits per heavy atom. The number of likely N-dealkylation sites (tertiary alicyclic amines) is 1. The second-order valence-corrected chi connectivity index (χ2v) is 9.56. The Hall–Kier alpha value is -1.39. The molecule has 1 N–H and O–H groups in total. The number of aromatic nitrogens is 2. The lowest BCUT2D eigenvalue weighted by atomic mass is 9.82. The molecule has 1 saturated heterocycles. The maximum absolute atomic E-state index is 5.02. The van der Waals surface area contributed by atoms with Crippen molar-refractivity contribution in [1.82, 2.24) is 19.8 Å². The number of nitrogens with one attached hydrogen (secondary N) is 1. The van der Waals surface area contributed by atoms with Gasteiger partial charge in [0.1, 0.15) is 5.82 Å². The zero-order chi connectivity index (χ0) is 20.1. The van der Waals surface area contributed by atoms with Gasteiger partial charge >= 0.3 is 0 Å². The molecule has 0 amide bonds. The van der Waals surface area contributed by atoms with E-state index in [0.717, 1.165) is 36.9 Å². The average molecular weight is 397 g/mol. The number of hydrogen-bond donors (Lipinski definition) is 1. The Kier molecular flexibility index (Phi) is 7.25. The van der Waals surface area contributed by atoms with E-state index in [4.69, 9.17) is 4.98 Å². The molecule has 2 aliphatic rings. The van der Waals surface area contributed by atoms with Crippen LogP contribution in [0, 0.1) is 11.8 Å². The summed E-state index contributed by atoms with van der Waals surface area (Å²) < 4.78 is 2.59. The van der Waals surface area contributed by atoms with Gasteiger partial charge in [0.2, 0.25) is 0 Å². The summed E-state index contributed by atoms with van der Waals surface area (Å²) in [5.74, 6) is 3.14. The molecule has 1 aromatic carbocycles. The molecule has 0 radical (unpaired) electrons. The number of imidazole rings is 1. The Morgan fingerprint density at radius 2 is 1.90 bits per heavy atom. The molecule has 4 heteroatoms. The molecule has 160 valence electrons. The molecule has 4 rings (SSSR count). The Bertz CT molecular complexity index is 759. The van der Waals surface area contributed by atoms with Crippen LogP contribution < -0.4 is 5.32 Å². The van der Waals surface area contributed by atoms with E-state index in [2.05, 4.69) is 52.9 Å². The summed E-state index contributed by atoms with van der Waals surface area (Å²) in [5.41, 5.74) is 2.49. The van der Waals surface area contributed by atoms with Crippen molar-refractivity contribution in [3.05, 3.63) is 30.1 Å². The third-order valence-electron chi connectivity index (χ3n) is 7.10. The van der Waals surface area contributed by atoms with Gasteiger partial charge in [0.15, 0.2) is 0 Å². The number of benzene rings is 1. The van der Waals surface area contributed by atoms with E-state index in [-0.39, 0.29) is 0 Å². The van der Waals surface area contributed by atoms with Crippen LogP contribution in [0.5, 0.6) is 0 Å². The lowest BCUT2D eigenvalue weighted by Gasteiger charge is -2.37. The number of rotatable bonds is 8. The van der Waals surface area contributed by atoms with Gasteiger partial charge in [-0.05, 0) is 62.6 Å². The fraction of sp³-hybridized carbons (Fsp3) is 0.720. The predicted octanol–water partition coefficient (Wildman–Crippen LogP) is 5.04. The first kappa shape index (κ1) is 20.9. The highest BCUT2D eigenvalue weighted by molar-refractivity contribution is 5.76. The van der Waals surface area contributed by atoms with Gasteiger partial charge < -0.3 is 14.8 Å². The first-order valence-corrected chi connectivity index (χ1v) is 12.1. The lowest BCUT2D eigenvalue weighted by Crippen LogP contribution is -2.39. The molecule has 29 heavy (non-hydrogen) atoms.